The first-order valence-electron chi connectivity index (χ1n) is 7.34. The number of aryl methyl sites for hydroxylation is 1. The second-order valence-electron chi connectivity index (χ2n) is 5.64. The SMILES string of the molecule is CCc1ccc(C(CN)N2CCC(N(C)C)CC2)s1. The highest BCUT2D eigenvalue weighted by Crippen LogP contribution is 2.30. The third-order valence-electron chi connectivity index (χ3n) is 4.25. The average Bonchev–Trinajstić information content (AvgIpc) is 2.89. The molecule has 1 aliphatic heterocycles. The predicted molar refractivity (Wildman–Crippen MR) is 83.8 cm³/mol. The quantitative estimate of drug-likeness (QED) is 0.899. The normalized spacial score (nSPS) is 20.1. The van der Waals surface area contributed by atoms with Gasteiger partial charge in [-0.05, 0) is 45.5 Å². The van der Waals surface area contributed by atoms with E-state index in [9.17, 15) is 0 Å². The lowest BCUT2D eigenvalue weighted by Gasteiger charge is -2.38. The van der Waals surface area contributed by atoms with E-state index in [2.05, 4.69) is 43.0 Å². The molecule has 0 aliphatic carbocycles. The summed E-state index contributed by atoms with van der Waals surface area (Å²) in [4.78, 5) is 7.85. The van der Waals surface area contributed by atoms with Crippen molar-refractivity contribution in [1.82, 2.24) is 9.80 Å². The third-order valence-corrected chi connectivity index (χ3v) is 5.58. The molecule has 1 aliphatic rings. The molecular weight excluding hydrogens is 254 g/mol. The molecule has 1 saturated heterocycles. The molecule has 0 radical (unpaired) electrons. The van der Waals surface area contributed by atoms with Crippen LogP contribution < -0.4 is 5.73 Å². The summed E-state index contributed by atoms with van der Waals surface area (Å²) in [5, 5.41) is 0. The molecule has 1 atom stereocenters. The maximum Gasteiger partial charge on any atom is 0.0564 e. The van der Waals surface area contributed by atoms with Crippen molar-refractivity contribution >= 4 is 11.3 Å². The highest BCUT2D eigenvalue weighted by Gasteiger charge is 2.26. The Morgan fingerprint density at radius 1 is 1.37 bits per heavy atom. The number of hydrogen-bond donors (Lipinski definition) is 1. The summed E-state index contributed by atoms with van der Waals surface area (Å²) in [6.07, 6.45) is 3.65. The topological polar surface area (TPSA) is 32.5 Å². The fourth-order valence-corrected chi connectivity index (χ4v) is 4.02. The molecule has 0 saturated carbocycles. The van der Waals surface area contributed by atoms with Crippen LogP contribution in [0.15, 0.2) is 12.1 Å². The first-order chi connectivity index (χ1) is 9.15. The molecule has 0 spiro atoms. The second kappa shape index (κ2) is 6.84. The van der Waals surface area contributed by atoms with E-state index in [4.69, 9.17) is 5.73 Å². The van der Waals surface area contributed by atoms with Crippen LogP contribution in [0.2, 0.25) is 0 Å². The molecule has 2 rings (SSSR count). The van der Waals surface area contributed by atoms with Crippen molar-refractivity contribution in [2.24, 2.45) is 5.73 Å². The Morgan fingerprint density at radius 3 is 2.53 bits per heavy atom. The van der Waals surface area contributed by atoms with Gasteiger partial charge >= 0.3 is 0 Å². The van der Waals surface area contributed by atoms with Crippen LogP contribution in [0.1, 0.15) is 35.6 Å². The van der Waals surface area contributed by atoms with Gasteiger partial charge in [0.05, 0.1) is 6.04 Å². The summed E-state index contributed by atoms with van der Waals surface area (Å²) in [5.41, 5.74) is 6.04. The van der Waals surface area contributed by atoms with Gasteiger partial charge in [0.15, 0.2) is 0 Å². The number of rotatable bonds is 5. The van der Waals surface area contributed by atoms with Crippen molar-refractivity contribution in [3.05, 3.63) is 21.9 Å². The minimum absolute atomic E-state index is 0.424. The Hall–Kier alpha value is -0.420. The van der Waals surface area contributed by atoms with E-state index in [1.807, 2.05) is 11.3 Å². The standard InChI is InChI=1S/C15H27N3S/c1-4-13-5-6-15(19-13)14(11-16)18-9-7-12(8-10-18)17(2)3/h5-6,12,14H,4,7-11,16H2,1-3H3. The van der Waals surface area contributed by atoms with E-state index in [-0.39, 0.29) is 0 Å². The molecule has 1 aromatic heterocycles. The zero-order valence-electron chi connectivity index (χ0n) is 12.4. The third kappa shape index (κ3) is 3.57. The average molecular weight is 281 g/mol. The van der Waals surface area contributed by atoms with E-state index in [0.29, 0.717) is 6.04 Å². The number of hydrogen-bond acceptors (Lipinski definition) is 4. The predicted octanol–water partition coefficient (Wildman–Crippen LogP) is 2.34. The smallest absolute Gasteiger partial charge is 0.0564 e. The summed E-state index contributed by atoms with van der Waals surface area (Å²) >= 11 is 1.93. The summed E-state index contributed by atoms with van der Waals surface area (Å²) in [5.74, 6) is 0. The molecule has 2 N–H and O–H groups in total. The Bertz CT molecular complexity index is 380. The van der Waals surface area contributed by atoms with Gasteiger partial charge < -0.3 is 10.6 Å². The van der Waals surface area contributed by atoms with Gasteiger partial charge in [-0.3, -0.25) is 4.90 Å². The highest BCUT2D eigenvalue weighted by molar-refractivity contribution is 7.12. The zero-order chi connectivity index (χ0) is 13.8. The maximum atomic E-state index is 6.04. The van der Waals surface area contributed by atoms with E-state index in [1.54, 1.807) is 0 Å². The molecule has 19 heavy (non-hydrogen) atoms. The Morgan fingerprint density at radius 2 is 2.05 bits per heavy atom. The lowest BCUT2D eigenvalue weighted by molar-refractivity contribution is 0.112. The molecule has 1 fully saturated rings. The number of piperidine rings is 1. The zero-order valence-corrected chi connectivity index (χ0v) is 13.2. The fraction of sp³-hybridized carbons (Fsp3) is 0.733. The van der Waals surface area contributed by atoms with Crippen molar-refractivity contribution in [1.29, 1.82) is 0 Å². The van der Waals surface area contributed by atoms with Gasteiger partial charge in [-0.2, -0.15) is 0 Å². The first kappa shape index (κ1) is 15.0. The minimum atomic E-state index is 0.424. The molecule has 0 bridgehead atoms. The van der Waals surface area contributed by atoms with Gasteiger partial charge in [0.25, 0.3) is 0 Å². The van der Waals surface area contributed by atoms with Gasteiger partial charge in [0.2, 0.25) is 0 Å². The van der Waals surface area contributed by atoms with Crippen molar-refractivity contribution < 1.29 is 0 Å². The molecule has 2 heterocycles. The second-order valence-corrected chi connectivity index (χ2v) is 6.84. The first-order valence-corrected chi connectivity index (χ1v) is 8.16. The van der Waals surface area contributed by atoms with Gasteiger partial charge in [-0.15, -0.1) is 11.3 Å². The maximum absolute atomic E-state index is 6.04. The Balaban J connectivity index is 1.99. The van der Waals surface area contributed by atoms with E-state index >= 15 is 0 Å². The Kier molecular flexibility index (Phi) is 5.39. The number of likely N-dealkylation sites (tertiary alicyclic amines) is 1. The molecule has 3 nitrogen and oxygen atoms in total. The van der Waals surface area contributed by atoms with Crippen LogP contribution in [0.4, 0.5) is 0 Å². The lowest BCUT2D eigenvalue weighted by atomic mass is 10.0. The van der Waals surface area contributed by atoms with Crippen LogP contribution in [0.5, 0.6) is 0 Å². The molecule has 0 aromatic carbocycles. The molecule has 1 unspecified atom stereocenters. The minimum Gasteiger partial charge on any atom is -0.329 e. The van der Waals surface area contributed by atoms with Gasteiger partial charge in [0, 0.05) is 35.4 Å². The molecule has 108 valence electrons. The van der Waals surface area contributed by atoms with Crippen molar-refractivity contribution in [2.45, 2.75) is 38.3 Å². The van der Waals surface area contributed by atoms with Gasteiger partial charge in [0.1, 0.15) is 0 Å². The molecule has 0 amide bonds. The van der Waals surface area contributed by atoms with Crippen molar-refractivity contribution in [3.8, 4) is 0 Å². The summed E-state index contributed by atoms with van der Waals surface area (Å²) in [7, 11) is 4.38. The monoisotopic (exact) mass is 281 g/mol. The van der Waals surface area contributed by atoms with Crippen LogP contribution in [0.3, 0.4) is 0 Å². The number of nitrogens with two attached hydrogens (primary N) is 1. The van der Waals surface area contributed by atoms with Crippen LogP contribution in [-0.4, -0.2) is 49.6 Å². The summed E-state index contributed by atoms with van der Waals surface area (Å²) in [6, 6.07) is 5.70. The van der Waals surface area contributed by atoms with Crippen molar-refractivity contribution in [3.63, 3.8) is 0 Å². The van der Waals surface area contributed by atoms with Gasteiger partial charge in [-0.1, -0.05) is 6.92 Å². The number of thiophene rings is 1. The molecule has 4 heteroatoms. The molecule has 1 aromatic rings. The van der Waals surface area contributed by atoms with Crippen molar-refractivity contribution in [2.75, 3.05) is 33.7 Å². The summed E-state index contributed by atoms with van der Waals surface area (Å²) < 4.78 is 0. The van der Waals surface area contributed by atoms with Crippen LogP contribution in [0.25, 0.3) is 0 Å². The van der Waals surface area contributed by atoms with E-state index in [0.717, 1.165) is 19.0 Å². The van der Waals surface area contributed by atoms with E-state index in [1.165, 1.54) is 35.7 Å². The van der Waals surface area contributed by atoms with Crippen LogP contribution in [0, 0.1) is 0 Å². The highest BCUT2D eigenvalue weighted by atomic mass is 32.1. The summed E-state index contributed by atoms with van der Waals surface area (Å²) in [6.45, 7) is 5.29. The fourth-order valence-electron chi connectivity index (χ4n) is 2.92. The lowest BCUT2D eigenvalue weighted by Crippen LogP contribution is -2.44. The number of nitrogens with zero attached hydrogens (tertiary/aromatic N) is 2. The molecular formula is C15H27N3S. The Labute approximate surface area is 121 Å². The largest absolute Gasteiger partial charge is 0.329 e. The van der Waals surface area contributed by atoms with Crippen LogP contribution >= 0.6 is 11.3 Å². The van der Waals surface area contributed by atoms with Crippen LogP contribution in [-0.2, 0) is 6.42 Å². The van der Waals surface area contributed by atoms with Gasteiger partial charge in [-0.25, -0.2) is 0 Å². The van der Waals surface area contributed by atoms with E-state index < -0.39 is 0 Å².